The van der Waals surface area contributed by atoms with Crippen molar-refractivity contribution in [2.24, 2.45) is 0 Å². The van der Waals surface area contributed by atoms with E-state index in [4.69, 9.17) is 32.3 Å². The quantitative estimate of drug-likeness (QED) is 0.0122. The fraction of sp³-hybridized carbons (Fsp3) is 0.958. The standard InChI is InChI=1S/C71H144N4O16P2/c1-6-11-16-21-24-27-29-32-34-39-44-49-68(77)74-64(60-85-56-52-66(76)47-42-37-19-14-9-4)62-89-92(81,82)87-58-54-72-71(80)73-55-59-88-93(83,84)90-63-65(75-69(78)50-45-40-35-33-30-28-25-22-17-12-7-2)61-86-57-53-67(48-43-38-20-15-10-5)91-70(79)51-46-41-36-31-26-23-18-13-8-3/h64-67,69,75-76,78H,6-63H2,1-5H3,(H,74,77)(H,81,82)(H,83,84)(H2,72,73,80). The first kappa shape index (κ1) is 91.2. The zero-order chi connectivity index (χ0) is 68.4. The number of ether oxygens (including phenoxy) is 3. The Morgan fingerprint density at radius 3 is 1.17 bits per heavy atom. The second-order valence-electron chi connectivity index (χ2n) is 26.1. The summed E-state index contributed by atoms with van der Waals surface area (Å²) in [4.78, 5) is 59.7. The lowest BCUT2D eigenvalue weighted by Crippen LogP contribution is -2.44. The van der Waals surface area contributed by atoms with Gasteiger partial charge in [0.1, 0.15) is 12.3 Å². The van der Waals surface area contributed by atoms with Crippen molar-refractivity contribution in [2.75, 3.05) is 65.9 Å². The van der Waals surface area contributed by atoms with E-state index in [9.17, 15) is 43.5 Å². The molecule has 0 radical (unpaired) electrons. The number of esters is 1. The molecule has 0 aliphatic carbocycles. The SMILES string of the molecule is CCCCCCCCCCCCCC(=O)NC(COCCC(O)CCCCCCC)COP(=O)(O)OCCNC(=O)NCCOP(=O)(O)OCC(COCCC(CCCCCCC)OC(=O)CCCCCCCCCCC)NC(O)CCCCCCCCCCCCC. The third-order valence-electron chi connectivity index (χ3n) is 16.9. The zero-order valence-corrected chi connectivity index (χ0v) is 61.8. The largest absolute Gasteiger partial charge is 0.472 e. The highest BCUT2D eigenvalue weighted by Gasteiger charge is 2.27. The summed E-state index contributed by atoms with van der Waals surface area (Å²) in [5.41, 5.74) is 0. The van der Waals surface area contributed by atoms with Gasteiger partial charge >= 0.3 is 27.6 Å². The molecular weight excluding hydrogens is 1230 g/mol. The number of urea groups is 1. The van der Waals surface area contributed by atoms with Crippen molar-refractivity contribution in [1.29, 1.82) is 0 Å². The number of carbonyl (C=O) groups is 3. The Kier molecular flexibility index (Phi) is 66.1. The topological polar surface area (TPSA) is 279 Å². The normalized spacial score (nSPS) is 14.7. The number of phosphoric acid groups is 2. The molecule has 554 valence electrons. The molecule has 0 aliphatic rings. The van der Waals surface area contributed by atoms with Crippen molar-refractivity contribution in [3.63, 3.8) is 0 Å². The van der Waals surface area contributed by atoms with Crippen LogP contribution in [0.1, 0.15) is 343 Å². The van der Waals surface area contributed by atoms with E-state index in [1.807, 2.05) is 0 Å². The maximum Gasteiger partial charge on any atom is 0.472 e. The van der Waals surface area contributed by atoms with Gasteiger partial charge in [-0.05, 0) is 51.4 Å². The third-order valence-corrected chi connectivity index (χ3v) is 18.9. The van der Waals surface area contributed by atoms with Gasteiger partial charge in [0, 0.05) is 39.0 Å². The summed E-state index contributed by atoms with van der Waals surface area (Å²) in [6.45, 7) is 9.65. The average molecular weight is 1370 g/mol. The fourth-order valence-corrected chi connectivity index (χ4v) is 12.6. The molecule has 0 saturated heterocycles. The molecule has 0 aromatic rings. The molecule has 0 rings (SSSR count). The molecule has 93 heavy (non-hydrogen) atoms. The highest BCUT2D eigenvalue weighted by Crippen LogP contribution is 2.44. The van der Waals surface area contributed by atoms with Gasteiger partial charge in [-0.2, -0.15) is 0 Å². The van der Waals surface area contributed by atoms with Crippen LogP contribution in [0.2, 0.25) is 0 Å². The number of unbranched alkanes of at least 4 members (excludes halogenated alkanes) is 36. The first-order valence-electron chi connectivity index (χ1n) is 38.1. The molecule has 0 bridgehead atoms. The Hall–Kier alpha value is -1.77. The molecule has 0 saturated carbocycles. The van der Waals surface area contributed by atoms with Gasteiger partial charge in [0.25, 0.3) is 0 Å². The molecule has 3 amide bonds. The van der Waals surface area contributed by atoms with Gasteiger partial charge in [0.15, 0.2) is 0 Å². The summed E-state index contributed by atoms with van der Waals surface area (Å²) in [5.74, 6) is -0.401. The van der Waals surface area contributed by atoms with Gasteiger partial charge in [-0.1, -0.05) is 272 Å². The second-order valence-corrected chi connectivity index (χ2v) is 29.0. The van der Waals surface area contributed by atoms with Crippen molar-refractivity contribution < 1.29 is 75.8 Å². The van der Waals surface area contributed by atoms with Gasteiger partial charge < -0.3 is 50.2 Å². The molecule has 7 atom stereocenters. The number of nitrogens with one attached hydrogen (secondary N) is 4. The van der Waals surface area contributed by atoms with Crippen LogP contribution in [0.15, 0.2) is 0 Å². The van der Waals surface area contributed by atoms with E-state index in [2.05, 4.69) is 55.9 Å². The van der Waals surface area contributed by atoms with Gasteiger partial charge in [-0.3, -0.25) is 33.0 Å². The second kappa shape index (κ2) is 67.4. The molecule has 0 aliphatic heterocycles. The first-order valence-corrected chi connectivity index (χ1v) is 41.1. The minimum Gasteiger partial charge on any atom is -0.462 e. The van der Waals surface area contributed by atoms with E-state index < -0.39 is 59.3 Å². The van der Waals surface area contributed by atoms with Crippen LogP contribution in [-0.4, -0.2) is 134 Å². The summed E-state index contributed by atoms with van der Waals surface area (Å²) in [7, 11) is -9.30. The number of hydrogen-bond acceptors (Lipinski definition) is 15. The molecule has 0 heterocycles. The number of rotatable bonds is 74. The van der Waals surface area contributed by atoms with Crippen LogP contribution in [0.4, 0.5) is 4.79 Å². The van der Waals surface area contributed by atoms with E-state index in [-0.39, 0.29) is 70.7 Å². The van der Waals surface area contributed by atoms with Crippen LogP contribution in [0.25, 0.3) is 0 Å². The third kappa shape index (κ3) is 65.9. The van der Waals surface area contributed by atoms with Crippen LogP contribution in [-0.2, 0) is 51.0 Å². The Morgan fingerprint density at radius 1 is 0.376 bits per heavy atom. The van der Waals surface area contributed by atoms with Crippen molar-refractivity contribution in [3.05, 3.63) is 0 Å². The Morgan fingerprint density at radius 2 is 0.731 bits per heavy atom. The summed E-state index contributed by atoms with van der Waals surface area (Å²) in [6, 6.07) is -2.16. The van der Waals surface area contributed by atoms with Crippen LogP contribution in [0.3, 0.4) is 0 Å². The fourth-order valence-electron chi connectivity index (χ4n) is 11.1. The monoisotopic (exact) mass is 1370 g/mol. The zero-order valence-electron chi connectivity index (χ0n) is 60.0. The van der Waals surface area contributed by atoms with Crippen molar-refractivity contribution in [1.82, 2.24) is 21.3 Å². The molecule has 22 heteroatoms. The number of aliphatic hydroxyl groups is 2. The lowest BCUT2D eigenvalue weighted by atomic mass is 10.0. The predicted octanol–water partition coefficient (Wildman–Crippen LogP) is 17.4. The molecular formula is C71H144N4O16P2. The number of carbonyl (C=O) groups excluding carboxylic acids is 3. The van der Waals surface area contributed by atoms with Gasteiger partial charge in [-0.25, -0.2) is 13.9 Å². The molecule has 7 unspecified atom stereocenters. The molecule has 20 nitrogen and oxygen atoms in total. The van der Waals surface area contributed by atoms with E-state index in [0.717, 1.165) is 128 Å². The Bertz CT molecular complexity index is 1760. The first-order chi connectivity index (χ1) is 45.1. The summed E-state index contributed by atoms with van der Waals surface area (Å²) in [6.07, 6.45) is 48.9. The minimum absolute atomic E-state index is 0.00568. The molecule has 8 N–H and O–H groups in total. The average Bonchev–Trinajstić information content (AvgIpc) is 3.58. The van der Waals surface area contributed by atoms with Crippen LogP contribution < -0.4 is 21.3 Å². The maximum atomic E-state index is 13.1. The van der Waals surface area contributed by atoms with Gasteiger partial charge in [-0.15, -0.1) is 0 Å². The molecule has 0 fully saturated rings. The number of amides is 3. The van der Waals surface area contributed by atoms with E-state index in [1.54, 1.807) is 0 Å². The molecule has 0 aromatic heterocycles. The summed E-state index contributed by atoms with van der Waals surface area (Å²) >= 11 is 0. The minimum atomic E-state index is -4.65. The van der Waals surface area contributed by atoms with Crippen LogP contribution in [0, 0.1) is 0 Å². The highest BCUT2D eigenvalue weighted by molar-refractivity contribution is 7.47. The Labute approximate surface area is 567 Å². The summed E-state index contributed by atoms with van der Waals surface area (Å²) < 4.78 is 64.9. The number of aliphatic hydroxyl groups excluding tert-OH is 2. The van der Waals surface area contributed by atoms with Crippen LogP contribution >= 0.6 is 15.6 Å². The summed E-state index contributed by atoms with van der Waals surface area (Å²) in [5, 5.41) is 32.5. The van der Waals surface area contributed by atoms with Crippen molar-refractivity contribution >= 4 is 33.6 Å². The van der Waals surface area contributed by atoms with E-state index in [0.29, 0.717) is 38.5 Å². The smallest absolute Gasteiger partial charge is 0.462 e. The van der Waals surface area contributed by atoms with Crippen molar-refractivity contribution in [2.45, 2.75) is 373 Å². The van der Waals surface area contributed by atoms with Gasteiger partial charge in [0.2, 0.25) is 5.91 Å². The maximum absolute atomic E-state index is 13.1. The Balaban J connectivity index is 5.27. The number of phosphoric ester groups is 2. The number of hydrogen-bond donors (Lipinski definition) is 8. The van der Waals surface area contributed by atoms with Gasteiger partial charge in [0.05, 0.1) is 64.4 Å². The van der Waals surface area contributed by atoms with Crippen LogP contribution in [0.5, 0.6) is 0 Å². The van der Waals surface area contributed by atoms with E-state index >= 15 is 0 Å². The highest BCUT2D eigenvalue weighted by atomic mass is 31.2. The lowest BCUT2D eigenvalue weighted by Gasteiger charge is -2.24. The molecule has 0 aromatic carbocycles. The lowest BCUT2D eigenvalue weighted by molar-refractivity contribution is -0.150. The predicted molar refractivity (Wildman–Crippen MR) is 377 cm³/mol. The van der Waals surface area contributed by atoms with E-state index in [1.165, 1.54) is 141 Å². The molecule has 0 spiro atoms. The van der Waals surface area contributed by atoms with Crippen molar-refractivity contribution in [3.8, 4) is 0 Å².